The maximum Gasteiger partial charge on any atom is 0.128 e. The second-order valence-corrected chi connectivity index (χ2v) is 5.10. The number of hydrogen-bond acceptors (Lipinski definition) is 2. The maximum absolute atomic E-state index is 13.7. The molecule has 0 atom stereocenters. The quantitative estimate of drug-likeness (QED) is 0.905. The normalized spacial score (nSPS) is 10.6. The Bertz CT molecular complexity index is 581. The van der Waals surface area contributed by atoms with Gasteiger partial charge in [-0.15, -0.1) is 0 Å². The summed E-state index contributed by atoms with van der Waals surface area (Å²) >= 11 is 0. The summed E-state index contributed by atoms with van der Waals surface area (Å²) in [6.07, 6.45) is 0.892. The van der Waals surface area contributed by atoms with E-state index < -0.39 is 0 Å². The fourth-order valence-electron chi connectivity index (χ4n) is 2.33. The molecule has 3 heteroatoms. The Balaban J connectivity index is 2.15. The van der Waals surface area contributed by atoms with Gasteiger partial charge in [-0.2, -0.15) is 0 Å². The summed E-state index contributed by atoms with van der Waals surface area (Å²) in [5.74, 6) is -0.157. The average molecular weight is 272 g/mol. The minimum absolute atomic E-state index is 0.157. The van der Waals surface area contributed by atoms with Crippen molar-refractivity contribution in [1.29, 1.82) is 0 Å². The fraction of sp³-hybridized carbons (Fsp3) is 0.294. The van der Waals surface area contributed by atoms with Gasteiger partial charge in [-0.25, -0.2) is 4.39 Å². The molecule has 0 saturated heterocycles. The molecular formula is C17H21FN2. The van der Waals surface area contributed by atoms with E-state index in [4.69, 9.17) is 5.73 Å². The lowest BCUT2D eigenvalue weighted by Gasteiger charge is -2.21. The molecule has 0 amide bonds. The Morgan fingerprint density at radius 1 is 1.10 bits per heavy atom. The second-order valence-electron chi connectivity index (χ2n) is 5.10. The number of benzene rings is 2. The molecule has 20 heavy (non-hydrogen) atoms. The number of nitrogens with zero attached hydrogens (tertiary/aromatic N) is 1. The molecule has 0 unspecified atom stereocenters. The van der Waals surface area contributed by atoms with Crippen LogP contribution in [0.5, 0.6) is 0 Å². The number of aryl methyl sites for hydroxylation is 1. The Morgan fingerprint density at radius 2 is 1.85 bits per heavy atom. The molecule has 0 aliphatic carbocycles. The van der Waals surface area contributed by atoms with E-state index in [-0.39, 0.29) is 5.82 Å². The molecule has 106 valence electrons. The van der Waals surface area contributed by atoms with Crippen molar-refractivity contribution in [3.8, 4) is 0 Å². The first-order chi connectivity index (χ1) is 9.61. The zero-order chi connectivity index (χ0) is 14.5. The van der Waals surface area contributed by atoms with Crippen molar-refractivity contribution in [1.82, 2.24) is 0 Å². The molecule has 2 nitrogen and oxygen atoms in total. The number of hydrogen-bond donors (Lipinski definition) is 1. The summed E-state index contributed by atoms with van der Waals surface area (Å²) in [6.45, 7) is 3.30. The Kier molecular flexibility index (Phi) is 4.74. The molecule has 2 N–H and O–H groups in total. The molecule has 0 aliphatic heterocycles. The third-order valence-corrected chi connectivity index (χ3v) is 3.55. The van der Waals surface area contributed by atoms with Crippen molar-refractivity contribution in [3.05, 3.63) is 65.0 Å². The highest BCUT2D eigenvalue weighted by atomic mass is 19.1. The third kappa shape index (κ3) is 3.36. The van der Waals surface area contributed by atoms with Crippen LogP contribution in [0.1, 0.15) is 16.7 Å². The highest BCUT2D eigenvalue weighted by Gasteiger charge is 2.07. The van der Waals surface area contributed by atoms with Crippen LogP contribution in [0.25, 0.3) is 0 Å². The van der Waals surface area contributed by atoms with Crippen LogP contribution in [0.2, 0.25) is 0 Å². The Morgan fingerprint density at radius 3 is 2.50 bits per heavy atom. The predicted molar refractivity (Wildman–Crippen MR) is 82.4 cm³/mol. The van der Waals surface area contributed by atoms with E-state index in [2.05, 4.69) is 30.0 Å². The third-order valence-electron chi connectivity index (χ3n) is 3.55. The first kappa shape index (κ1) is 14.5. The van der Waals surface area contributed by atoms with Gasteiger partial charge in [-0.05, 0) is 49.2 Å². The Labute approximate surface area is 120 Å². The van der Waals surface area contributed by atoms with Crippen LogP contribution >= 0.6 is 0 Å². The minimum Gasteiger partial charge on any atom is -0.370 e. The van der Waals surface area contributed by atoms with Crippen molar-refractivity contribution < 1.29 is 4.39 Å². The number of rotatable bonds is 5. The smallest absolute Gasteiger partial charge is 0.128 e. The summed E-state index contributed by atoms with van der Waals surface area (Å²) < 4.78 is 13.7. The van der Waals surface area contributed by atoms with Gasteiger partial charge in [0.25, 0.3) is 0 Å². The molecule has 2 aromatic rings. The van der Waals surface area contributed by atoms with Crippen LogP contribution in [-0.2, 0) is 13.0 Å². The van der Waals surface area contributed by atoms with Gasteiger partial charge in [0.1, 0.15) is 5.82 Å². The van der Waals surface area contributed by atoms with Gasteiger partial charge in [0, 0.05) is 24.8 Å². The summed E-state index contributed by atoms with van der Waals surface area (Å²) in [6, 6.07) is 13.2. The topological polar surface area (TPSA) is 29.3 Å². The monoisotopic (exact) mass is 272 g/mol. The van der Waals surface area contributed by atoms with Crippen molar-refractivity contribution in [2.75, 3.05) is 18.5 Å². The van der Waals surface area contributed by atoms with Crippen LogP contribution in [0.15, 0.2) is 42.5 Å². The molecule has 0 saturated carbocycles. The van der Waals surface area contributed by atoms with Gasteiger partial charge in [-0.3, -0.25) is 0 Å². The number of nitrogens with two attached hydrogens (primary N) is 1. The van der Waals surface area contributed by atoms with Crippen LogP contribution < -0.4 is 10.6 Å². The average Bonchev–Trinajstić information content (AvgIpc) is 2.43. The van der Waals surface area contributed by atoms with Gasteiger partial charge in [0.05, 0.1) is 0 Å². The van der Waals surface area contributed by atoms with Crippen LogP contribution in [0.3, 0.4) is 0 Å². The van der Waals surface area contributed by atoms with Gasteiger partial charge in [0.15, 0.2) is 0 Å². The Hall–Kier alpha value is -1.87. The SMILES string of the molecule is Cc1cc(N(C)Cc2ccccc2F)ccc1CCN. The van der Waals surface area contributed by atoms with Crippen molar-refractivity contribution in [2.45, 2.75) is 19.9 Å². The van der Waals surface area contributed by atoms with E-state index in [1.54, 1.807) is 6.07 Å². The number of halogens is 1. The summed E-state index contributed by atoms with van der Waals surface area (Å²) in [7, 11) is 1.98. The van der Waals surface area contributed by atoms with E-state index in [1.165, 1.54) is 17.2 Å². The highest BCUT2D eigenvalue weighted by Crippen LogP contribution is 2.21. The van der Waals surface area contributed by atoms with Crippen molar-refractivity contribution in [2.24, 2.45) is 5.73 Å². The molecule has 2 rings (SSSR count). The van der Waals surface area contributed by atoms with Crippen molar-refractivity contribution in [3.63, 3.8) is 0 Å². The van der Waals surface area contributed by atoms with E-state index >= 15 is 0 Å². The van der Waals surface area contributed by atoms with E-state index in [0.29, 0.717) is 18.7 Å². The zero-order valence-electron chi connectivity index (χ0n) is 12.1. The predicted octanol–water partition coefficient (Wildman–Crippen LogP) is 3.27. The lowest BCUT2D eigenvalue weighted by Crippen LogP contribution is -2.17. The zero-order valence-corrected chi connectivity index (χ0v) is 12.1. The summed E-state index contributed by atoms with van der Waals surface area (Å²) in [4.78, 5) is 2.05. The molecule has 0 aromatic heterocycles. The van der Waals surface area contributed by atoms with Gasteiger partial charge < -0.3 is 10.6 Å². The van der Waals surface area contributed by atoms with E-state index in [0.717, 1.165) is 12.1 Å². The molecule has 0 heterocycles. The van der Waals surface area contributed by atoms with Gasteiger partial charge in [-0.1, -0.05) is 24.3 Å². The fourth-order valence-corrected chi connectivity index (χ4v) is 2.33. The number of anilines is 1. The molecule has 0 aliphatic rings. The van der Waals surface area contributed by atoms with Gasteiger partial charge in [0.2, 0.25) is 0 Å². The van der Waals surface area contributed by atoms with E-state index in [1.807, 2.05) is 19.2 Å². The first-order valence-electron chi connectivity index (χ1n) is 6.86. The molecule has 2 aromatic carbocycles. The van der Waals surface area contributed by atoms with Gasteiger partial charge >= 0.3 is 0 Å². The lowest BCUT2D eigenvalue weighted by atomic mass is 10.0. The molecule has 0 bridgehead atoms. The second kappa shape index (κ2) is 6.53. The maximum atomic E-state index is 13.7. The highest BCUT2D eigenvalue weighted by molar-refractivity contribution is 5.50. The van der Waals surface area contributed by atoms with Crippen LogP contribution in [0.4, 0.5) is 10.1 Å². The molecule has 0 fully saturated rings. The largest absolute Gasteiger partial charge is 0.370 e. The van der Waals surface area contributed by atoms with Crippen LogP contribution in [-0.4, -0.2) is 13.6 Å². The molecule has 0 radical (unpaired) electrons. The summed E-state index contributed by atoms with van der Waals surface area (Å²) in [5.41, 5.74) is 9.89. The lowest BCUT2D eigenvalue weighted by molar-refractivity contribution is 0.608. The van der Waals surface area contributed by atoms with Crippen molar-refractivity contribution >= 4 is 5.69 Å². The van der Waals surface area contributed by atoms with Crippen LogP contribution in [0, 0.1) is 12.7 Å². The minimum atomic E-state index is -0.157. The summed E-state index contributed by atoms with van der Waals surface area (Å²) in [5, 5.41) is 0. The standard InChI is InChI=1S/C17H21FN2/c1-13-11-16(8-7-14(13)9-10-19)20(2)12-15-5-3-4-6-17(15)18/h3-8,11H,9-10,12,19H2,1-2H3. The van der Waals surface area contributed by atoms with E-state index in [9.17, 15) is 4.39 Å². The molecule has 0 spiro atoms. The molecular weight excluding hydrogens is 251 g/mol. The first-order valence-corrected chi connectivity index (χ1v) is 6.86.